The van der Waals surface area contributed by atoms with E-state index in [9.17, 15) is 9.59 Å². The van der Waals surface area contributed by atoms with Crippen LogP contribution in [0.1, 0.15) is 32.1 Å². The molecule has 0 spiro atoms. The van der Waals surface area contributed by atoms with Gasteiger partial charge in [0.2, 0.25) is 0 Å². The van der Waals surface area contributed by atoms with Crippen LogP contribution in [0.5, 0.6) is 0 Å². The molecule has 0 aromatic heterocycles. The number of carboxylic acid groups (broad SMARTS) is 2. The Morgan fingerprint density at radius 3 is 2.43 bits per heavy atom. The van der Waals surface area contributed by atoms with Gasteiger partial charge >= 0.3 is 11.9 Å². The van der Waals surface area contributed by atoms with Gasteiger partial charge in [0.1, 0.15) is 6.04 Å². The highest BCUT2D eigenvalue weighted by atomic mass is 16.4. The fourth-order valence-electron chi connectivity index (χ4n) is 1.76. The highest BCUT2D eigenvalue weighted by molar-refractivity contribution is 5.73. The summed E-state index contributed by atoms with van der Waals surface area (Å²) in [6, 6.07) is -0.780. The molecule has 0 radical (unpaired) electrons. The molecule has 5 heteroatoms. The zero-order valence-corrected chi connectivity index (χ0v) is 7.90. The molecule has 1 aliphatic rings. The molecule has 5 nitrogen and oxygen atoms in total. The summed E-state index contributed by atoms with van der Waals surface area (Å²) in [5.41, 5.74) is 0. The second-order valence-electron chi connectivity index (χ2n) is 3.64. The lowest BCUT2D eigenvalue weighted by atomic mass is 10.1. The summed E-state index contributed by atoms with van der Waals surface area (Å²) < 4.78 is 0. The Hall–Kier alpha value is -1.10. The van der Waals surface area contributed by atoms with E-state index in [2.05, 4.69) is 5.32 Å². The quantitative estimate of drug-likeness (QED) is 0.617. The van der Waals surface area contributed by atoms with E-state index in [1.165, 1.54) is 0 Å². The molecule has 2 atom stereocenters. The number of carboxylic acids is 2. The summed E-state index contributed by atoms with van der Waals surface area (Å²) in [6.45, 7) is 0. The topological polar surface area (TPSA) is 86.6 Å². The van der Waals surface area contributed by atoms with Gasteiger partial charge in [-0.3, -0.25) is 9.59 Å². The molecule has 1 rings (SSSR count). The highest BCUT2D eigenvalue weighted by Crippen LogP contribution is 2.15. The minimum atomic E-state index is -0.887. The van der Waals surface area contributed by atoms with Crippen molar-refractivity contribution in [3.8, 4) is 0 Å². The predicted octanol–water partition coefficient (Wildman–Crippen LogP) is 0.446. The second-order valence-corrected chi connectivity index (χ2v) is 3.64. The Morgan fingerprint density at radius 1 is 1.21 bits per heavy atom. The Balaban J connectivity index is 2.51. The molecule has 1 heterocycles. The first-order chi connectivity index (χ1) is 6.59. The maximum Gasteiger partial charge on any atom is 0.320 e. The van der Waals surface area contributed by atoms with Crippen LogP contribution in [-0.2, 0) is 9.59 Å². The van der Waals surface area contributed by atoms with Crippen LogP contribution < -0.4 is 5.32 Å². The average Bonchev–Trinajstić information content (AvgIpc) is 2.28. The van der Waals surface area contributed by atoms with Crippen LogP contribution in [0, 0.1) is 0 Å². The minimum absolute atomic E-state index is 0.00375. The molecule has 0 aromatic carbocycles. The van der Waals surface area contributed by atoms with Crippen molar-refractivity contribution in [3.05, 3.63) is 0 Å². The van der Waals surface area contributed by atoms with Crippen molar-refractivity contribution in [1.82, 2.24) is 5.32 Å². The van der Waals surface area contributed by atoms with Gasteiger partial charge in [0.25, 0.3) is 0 Å². The van der Waals surface area contributed by atoms with Crippen molar-refractivity contribution in [2.24, 2.45) is 0 Å². The first kappa shape index (κ1) is 11.0. The van der Waals surface area contributed by atoms with E-state index < -0.39 is 18.0 Å². The number of nitrogens with one attached hydrogen (secondary N) is 1. The monoisotopic (exact) mass is 201 g/mol. The molecule has 14 heavy (non-hydrogen) atoms. The van der Waals surface area contributed by atoms with E-state index in [1.807, 2.05) is 0 Å². The van der Waals surface area contributed by atoms with Crippen LogP contribution in [-0.4, -0.2) is 34.2 Å². The highest BCUT2D eigenvalue weighted by Gasteiger charge is 2.25. The van der Waals surface area contributed by atoms with Gasteiger partial charge in [-0.15, -0.1) is 0 Å². The molecule has 1 aliphatic heterocycles. The Kier molecular flexibility index (Phi) is 3.88. The Bertz CT molecular complexity index is 229. The summed E-state index contributed by atoms with van der Waals surface area (Å²) >= 11 is 0. The normalized spacial score (nSPS) is 28.0. The summed E-state index contributed by atoms with van der Waals surface area (Å²) in [5.74, 6) is -1.77. The van der Waals surface area contributed by atoms with Crippen molar-refractivity contribution in [3.63, 3.8) is 0 Å². The van der Waals surface area contributed by atoms with Crippen molar-refractivity contribution >= 4 is 11.9 Å². The SMILES string of the molecule is O=C(O)C[C@@H]1CCCC[C@@H](C(=O)O)N1. The molecular formula is C9H15NO4. The third-order valence-corrected chi connectivity index (χ3v) is 2.45. The van der Waals surface area contributed by atoms with Gasteiger partial charge in [-0.25, -0.2) is 0 Å². The number of rotatable bonds is 3. The number of carbonyl (C=O) groups is 2. The van der Waals surface area contributed by atoms with E-state index in [0.717, 1.165) is 19.3 Å². The lowest BCUT2D eigenvalue weighted by Crippen LogP contribution is -2.42. The number of hydrogen-bond donors (Lipinski definition) is 3. The van der Waals surface area contributed by atoms with Crippen LogP contribution in [0.3, 0.4) is 0 Å². The van der Waals surface area contributed by atoms with Crippen LogP contribution in [0.15, 0.2) is 0 Å². The summed E-state index contributed by atoms with van der Waals surface area (Å²) in [4.78, 5) is 21.2. The lowest BCUT2D eigenvalue weighted by Gasteiger charge is -2.17. The predicted molar refractivity (Wildman–Crippen MR) is 49.1 cm³/mol. The fraction of sp³-hybridized carbons (Fsp3) is 0.778. The molecule has 1 fully saturated rings. The van der Waals surface area contributed by atoms with E-state index in [4.69, 9.17) is 10.2 Å². The van der Waals surface area contributed by atoms with Crippen LogP contribution >= 0.6 is 0 Å². The molecule has 0 amide bonds. The average molecular weight is 201 g/mol. The first-order valence-electron chi connectivity index (χ1n) is 4.80. The van der Waals surface area contributed by atoms with Gasteiger partial charge in [0.15, 0.2) is 0 Å². The summed E-state index contributed by atoms with van der Waals surface area (Å²) in [5, 5.41) is 20.3. The molecule has 0 bridgehead atoms. The lowest BCUT2D eigenvalue weighted by molar-refractivity contribution is -0.141. The molecule has 0 aliphatic carbocycles. The fourth-order valence-corrected chi connectivity index (χ4v) is 1.76. The Morgan fingerprint density at radius 2 is 1.86 bits per heavy atom. The first-order valence-corrected chi connectivity index (χ1v) is 4.80. The van der Waals surface area contributed by atoms with E-state index in [0.29, 0.717) is 6.42 Å². The van der Waals surface area contributed by atoms with Crippen LogP contribution in [0.25, 0.3) is 0 Å². The summed E-state index contributed by atoms with van der Waals surface area (Å²) in [6.07, 6.45) is 3.08. The van der Waals surface area contributed by atoms with E-state index >= 15 is 0 Å². The number of hydrogen-bond acceptors (Lipinski definition) is 3. The van der Waals surface area contributed by atoms with Crippen molar-refractivity contribution in [1.29, 1.82) is 0 Å². The van der Waals surface area contributed by atoms with E-state index in [-0.39, 0.29) is 12.5 Å². The van der Waals surface area contributed by atoms with Gasteiger partial charge in [-0.2, -0.15) is 0 Å². The Labute approximate surface area is 82.1 Å². The van der Waals surface area contributed by atoms with Crippen LogP contribution in [0.4, 0.5) is 0 Å². The van der Waals surface area contributed by atoms with Gasteiger partial charge in [0, 0.05) is 6.04 Å². The maximum atomic E-state index is 10.7. The molecule has 0 unspecified atom stereocenters. The molecule has 3 N–H and O–H groups in total. The van der Waals surface area contributed by atoms with Crippen molar-refractivity contribution in [2.75, 3.05) is 0 Å². The summed E-state index contributed by atoms with van der Waals surface area (Å²) in [7, 11) is 0. The molecule has 0 saturated carbocycles. The third-order valence-electron chi connectivity index (χ3n) is 2.45. The maximum absolute atomic E-state index is 10.7. The largest absolute Gasteiger partial charge is 0.481 e. The molecule has 1 saturated heterocycles. The second kappa shape index (κ2) is 4.95. The third kappa shape index (κ3) is 3.33. The molecule has 0 aromatic rings. The molecule has 80 valence electrons. The van der Waals surface area contributed by atoms with Gasteiger partial charge in [-0.1, -0.05) is 12.8 Å². The molecular weight excluding hydrogens is 186 g/mol. The standard InChI is InChI=1S/C9H15NO4/c11-8(12)5-6-3-1-2-4-7(10-6)9(13)14/h6-7,10H,1-5H2,(H,11,12)(H,13,14)/t6-,7-/m0/s1. The smallest absolute Gasteiger partial charge is 0.320 e. The van der Waals surface area contributed by atoms with Crippen LogP contribution in [0.2, 0.25) is 0 Å². The van der Waals surface area contributed by atoms with Gasteiger partial charge in [0.05, 0.1) is 6.42 Å². The van der Waals surface area contributed by atoms with E-state index in [1.54, 1.807) is 0 Å². The zero-order valence-electron chi connectivity index (χ0n) is 7.90. The minimum Gasteiger partial charge on any atom is -0.481 e. The number of aliphatic carboxylic acids is 2. The van der Waals surface area contributed by atoms with Gasteiger partial charge < -0.3 is 15.5 Å². The zero-order chi connectivity index (χ0) is 10.6. The van der Waals surface area contributed by atoms with Crippen molar-refractivity contribution in [2.45, 2.75) is 44.2 Å². The van der Waals surface area contributed by atoms with Crippen molar-refractivity contribution < 1.29 is 19.8 Å². The van der Waals surface area contributed by atoms with Gasteiger partial charge in [-0.05, 0) is 12.8 Å².